The summed E-state index contributed by atoms with van der Waals surface area (Å²) in [6.07, 6.45) is 11.7. The summed E-state index contributed by atoms with van der Waals surface area (Å²) in [4.78, 5) is 2.58. The van der Waals surface area contributed by atoms with Crippen molar-refractivity contribution in [1.82, 2.24) is 10.2 Å². The Morgan fingerprint density at radius 3 is 2.12 bits per heavy atom. The Balaban J connectivity index is 2.34. The molecule has 0 aliphatic carbocycles. The molecule has 144 valence electrons. The lowest BCUT2D eigenvalue weighted by Crippen LogP contribution is -2.44. The Bertz CT molecular complexity index is 289. The van der Waals surface area contributed by atoms with E-state index in [-0.39, 0.29) is 0 Å². The first kappa shape index (κ1) is 21.9. The molecule has 1 atom stereocenters. The molecule has 0 bridgehead atoms. The molecule has 1 heterocycles. The molecular formula is C20H42N2O2. The van der Waals surface area contributed by atoms with Crippen LogP contribution in [0.2, 0.25) is 0 Å². The molecule has 1 N–H and O–H groups in total. The van der Waals surface area contributed by atoms with Gasteiger partial charge in [0.25, 0.3) is 0 Å². The summed E-state index contributed by atoms with van der Waals surface area (Å²) in [5.74, 6) is 0.0500. The molecule has 0 aromatic rings. The molecule has 0 radical (unpaired) electrons. The van der Waals surface area contributed by atoms with Gasteiger partial charge < -0.3 is 19.7 Å². The number of rotatable bonds is 14. The maximum atomic E-state index is 5.74. The lowest BCUT2D eigenvalue weighted by atomic mass is 9.88. The van der Waals surface area contributed by atoms with Crippen LogP contribution in [0.15, 0.2) is 0 Å². The summed E-state index contributed by atoms with van der Waals surface area (Å²) in [5, 5.41) is 3.42. The predicted molar refractivity (Wildman–Crippen MR) is 102 cm³/mol. The quantitative estimate of drug-likeness (QED) is 0.381. The van der Waals surface area contributed by atoms with Gasteiger partial charge in [0, 0.05) is 46.3 Å². The van der Waals surface area contributed by atoms with Gasteiger partial charge in [0.05, 0.1) is 0 Å². The first-order chi connectivity index (χ1) is 11.7. The summed E-state index contributed by atoms with van der Waals surface area (Å²) >= 11 is 0. The van der Waals surface area contributed by atoms with Gasteiger partial charge in [0.15, 0.2) is 5.79 Å². The lowest BCUT2D eigenvalue weighted by molar-refractivity contribution is -0.230. The van der Waals surface area contributed by atoms with Crippen molar-refractivity contribution in [2.24, 2.45) is 5.92 Å². The van der Waals surface area contributed by atoms with Crippen LogP contribution in [0.5, 0.6) is 0 Å². The molecule has 1 rings (SSSR count). The van der Waals surface area contributed by atoms with Gasteiger partial charge in [-0.05, 0) is 32.7 Å². The van der Waals surface area contributed by atoms with Crippen LogP contribution >= 0.6 is 0 Å². The largest absolute Gasteiger partial charge is 0.353 e. The van der Waals surface area contributed by atoms with E-state index in [1.165, 1.54) is 77.4 Å². The van der Waals surface area contributed by atoms with Gasteiger partial charge >= 0.3 is 0 Å². The van der Waals surface area contributed by atoms with Crippen molar-refractivity contribution in [3.05, 3.63) is 0 Å². The third kappa shape index (κ3) is 8.28. The number of piperazine rings is 1. The second-order valence-corrected chi connectivity index (χ2v) is 7.41. The Hall–Kier alpha value is -0.160. The summed E-state index contributed by atoms with van der Waals surface area (Å²) < 4.78 is 11.5. The molecule has 1 aliphatic rings. The molecule has 0 aromatic carbocycles. The van der Waals surface area contributed by atoms with Crippen molar-refractivity contribution in [1.29, 1.82) is 0 Å². The van der Waals surface area contributed by atoms with E-state index in [0.717, 1.165) is 13.1 Å². The number of methoxy groups -OCH3 is 2. The third-order valence-electron chi connectivity index (χ3n) is 5.69. The monoisotopic (exact) mass is 342 g/mol. The molecule has 24 heavy (non-hydrogen) atoms. The van der Waals surface area contributed by atoms with E-state index >= 15 is 0 Å². The van der Waals surface area contributed by atoms with E-state index < -0.39 is 5.79 Å². The predicted octanol–water partition coefficient (Wildman–Crippen LogP) is 4.05. The SMILES string of the molecule is CCCCCCCCC(CCCN1CCNCC1)C(C)(OC)OC. The molecule has 0 aromatic heterocycles. The standard InChI is InChI=1S/C20H42N2O2/c1-5-6-7-8-9-10-12-19(20(2,23-3)24-4)13-11-16-22-17-14-21-15-18-22/h19,21H,5-18H2,1-4H3. The van der Waals surface area contributed by atoms with Crippen LogP contribution in [-0.2, 0) is 9.47 Å². The Labute approximate surface area is 150 Å². The zero-order valence-corrected chi connectivity index (χ0v) is 16.7. The van der Waals surface area contributed by atoms with Crippen molar-refractivity contribution in [3.63, 3.8) is 0 Å². The first-order valence-electron chi connectivity index (χ1n) is 10.2. The van der Waals surface area contributed by atoms with Crippen LogP contribution < -0.4 is 5.32 Å². The van der Waals surface area contributed by atoms with Crippen LogP contribution in [-0.4, -0.2) is 57.6 Å². The summed E-state index contributed by atoms with van der Waals surface area (Å²) in [6.45, 7) is 10.2. The van der Waals surface area contributed by atoms with Crippen molar-refractivity contribution in [2.45, 2.75) is 77.4 Å². The van der Waals surface area contributed by atoms with E-state index in [4.69, 9.17) is 9.47 Å². The van der Waals surface area contributed by atoms with E-state index in [9.17, 15) is 0 Å². The molecule has 1 saturated heterocycles. The average Bonchev–Trinajstić information content (AvgIpc) is 2.63. The fourth-order valence-corrected chi connectivity index (χ4v) is 3.75. The lowest BCUT2D eigenvalue weighted by Gasteiger charge is -2.36. The highest BCUT2D eigenvalue weighted by molar-refractivity contribution is 4.76. The van der Waals surface area contributed by atoms with Crippen LogP contribution in [0.4, 0.5) is 0 Å². The fraction of sp³-hybridized carbons (Fsp3) is 1.00. The summed E-state index contributed by atoms with van der Waals surface area (Å²) in [5.41, 5.74) is 0. The van der Waals surface area contributed by atoms with Gasteiger partial charge in [-0.2, -0.15) is 0 Å². The van der Waals surface area contributed by atoms with Gasteiger partial charge in [-0.15, -0.1) is 0 Å². The maximum Gasteiger partial charge on any atom is 0.167 e. The molecule has 4 nitrogen and oxygen atoms in total. The van der Waals surface area contributed by atoms with E-state index in [0.29, 0.717) is 5.92 Å². The minimum absolute atomic E-state index is 0.438. The minimum Gasteiger partial charge on any atom is -0.353 e. The van der Waals surface area contributed by atoms with Gasteiger partial charge in [0.1, 0.15) is 0 Å². The van der Waals surface area contributed by atoms with E-state index in [2.05, 4.69) is 24.1 Å². The van der Waals surface area contributed by atoms with Gasteiger partial charge in [-0.25, -0.2) is 0 Å². The molecule has 0 saturated carbocycles. The molecule has 1 aliphatic heterocycles. The van der Waals surface area contributed by atoms with Crippen molar-refractivity contribution in [3.8, 4) is 0 Å². The van der Waals surface area contributed by atoms with Crippen LogP contribution in [0, 0.1) is 5.92 Å². The van der Waals surface area contributed by atoms with E-state index in [1.807, 2.05) is 0 Å². The highest BCUT2D eigenvalue weighted by atomic mass is 16.7. The second-order valence-electron chi connectivity index (χ2n) is 7.41. The Morgan fingerprint density at radius 2 is 1.50 bits per heavy atom. The zero-order chi connectivity index (χ0) is 17.7. The third-order valence-corrected chi connectivity index (χ3v) is 5.69. The van der Waals surface area contributed by atoms with Crippen LogP contribution in [0.3, 0.4) is 0 Å². The summed E-state index contributed by atoms with van der Waals surface area (Å²) in [7, 11) is 3.57. The Kier molecular flexibility index (Phi) is 11.9. The number of nitrogens with zero attached hydrogens (tertiary/aromatic N) is 1. The number of nitrogens with one attached hydrogen (secondary N) is 1. The topological polar surface area (TPSA) is 33.7 Å². The molecular weight excluding hydrogens is 300 g/mol. The smallest absolute Gasteiger partial charge is 0.167 e. The number of hydrogen-bond donors (Lipinski definition) is 1. The fourth-order valence-electron chi connectivity index (χ4n) is 3.75. The zero-order valence-electron chi connectivity index (χ0n) is 16.7. The average molecular weight is 343 g/mol. The van der Waals surface area contributed by atoms with Gasteiger partial charge in [-0.3, -0.25) is 0 Å². The molecule has 0 spiro atoms. The van der Waals surface area contributed by atoms with Gasteiger partial charge in [-0.1, -0.05) is 45.4 Å². The number of unbranched alkanes of at least 4 members (excludes halogenated alkanes) is 5. The molecule has 4 heteroatoms. The Morgan fingerprint density at radius 1 is 0.917 bits per heavy atom. The van der Waals surface area contributed by atoms with Crippen LogP contribution in [0.25, 0.3) is 0 Å². The molecule has 1 fully saturated rings. The number of hydrogen-bond acceptors (Lipinski definition) is 4. The highest BCUT2D eigenvalue weighted by Crippen LogP contribution is 2.31. The molecule has 1 unspecified atom stereocenters. The summed E-state index contributed by atoms with van der Waals surface area (Å²) in [6, 6.07) is 0. The normalized spacial score (nSPS) is 18.0. The van der Waals surface area contributed by atoms with Crippen LogP contribution in [0.1, 0.15) is 71.6 Å². The van der Waals surface area contributed by atoms with Crippen molar-refractivity contribution >= 4 is 0 Å². The van der Waals surface area contributed by atoms with E-state index in [1.54, 1.807) is 14.2 Å². The minimum atomic E-state index is -0.438. The number of ether oxygens (including phenoxy) is 2. The highest BCUT2D eigenvalue weighted by Gasteiger charge is 2.33. The second kappa shape index (κ2) is 13.1. The first-order valence-corrected chi connectivity index (χ1v) is 10.2. The maximum absolute atomic E-state index is 5.74. The van der Waals surface area contributed by atoms with Crippen molar-refractivity contribution in [2.75, 3.05) is 46.9 Å². The van der Waals surface area contributed by atoms with Crippen molar-refractivity contribution < 1.29 is 9.47 Å². The van der Waals surface area contributed by atoms with Gasteiger partial charge in [0.2, 0.25) is 0 Å². The molecule has 0 amide bonds.